The predicted octanol–water partition coefficient (Wildman–Crippen LogP) is 4.64. The van der Waals surface area contributed by atoms with Crippen LogP contribution in [0.2, 0.25) is 0 Å². The van der Waals surface area contributed by atoms with Crippen LogP contribution in [-0.4, -0.2) is 35.3 Å². The molecule has 0 aromatic heterocycles. The first kappa shape index (κ1) is 17.1. The lowest BCUT2D eigenvalue weighted by Crippen LogP contribution is -2.48. The third kappa shape index (κ3) is 3.46. The Labute approximate surface area is 161 Å². The molecule has 1 N–H and O–H groups in total. The quantitative estimate of drug-likeness (QED) is 0.779. The lowest BCUT2D eigenvalue weighted by atomic mass is 9.85. The van der Waals surface area contributed by atoms with Crippen LogP contribution >= 0.6 is 15.9 Å². The molecular formula is C20H20BrN3O2. The van der Waals surface area contributed by atoms with Crippen molar-refractivity contribution in [3.63, 3.8) is 0 Å². The average Bonchev–Trinajstić information content (AvgIpc) is 3.08. The number of amides is 2. The molecule has 6 heteroatoms. The number of anilines is 1. The molecule has 2 aromatic rings. The highest BCUT2D eigenvalue weighted by Gasteiger charge is 2.43. The first-order chi connectivity index (χ1) is 12.7. The van der Waals surface area contributed by atoms with Crippen LogP contribution in [0.15, 0.2) is 64.2 Å². The van der Waals surface area contributed by atoms with Crippen LogP contribution < -0.4 is 5.32 Å². The molecule has 0 atom stereocenters. The normalized spacial score (nSPS) is 18.3. The number of carbonyl (C=O) groups is 1. The van der Waals surface area contributed by atoms with E-state index in [1.54, 1.807) is 0 Å². The minimum absolute atomic E-state index is 0.0750. The van der Waals surface area contributed by atoms with E-state index >= 15 is 0 Å². The Balaban J connectivity index is 1.35. The molecule has 0 unspecified atom stereocenters. The summed E-state index contributed by atoms with van der Waals surface area (Å²) in [5.41, 5.74) is 2.62. The second-order valence-corrected chi connectivity index (χ2v) is 7.61. The van der Waals surface area contributed by atoms with Crippen molar-refractivity contribution >= 4 is 33.4 Å². The number of carbonyl (C=O) groups excluding carboxylic acids is 1. The van der Waals surface area contributed by atoms with Crippen molar-refractivity contribution in [2.75, 3.05) is 18.4 Å². The summed E-state index contributed by atoms with van der Waals surface area (Å²) in [5, 5.41) is 7.29. The Morgan fingerprint density at radius 3 is 2.50 bits per heavy atom. The number of hydrogen-bond acceptors (Lipinski definition) is 3. The van der Waals surface area contributed by atoms with Crippen LogP contribution in [-0.2, 0) is 4.84 Å². The number of benzene rings is 2. The zero-order valence-corrected chi connectivity index (χ0v) is 15.9. The fraction of sp³-hybridized carbons (Fsp3) is 0.300. The van der Waals surface area contributed by atoms with Crippen LogP contribution in [0.4, 0.5) is 10.5 Å². The zero-order chi connectivity index (χ0) is 18.0. The van der Waals surface area contributed by atoms with Gasteiger partial charge in [0, 0.05) is 36.8 Å². The number of oxime groups is 1. The van der Waals surface area contributed by atoms with Crippen molar-refractivity contribution in [1.82, 2.24) is 4.90 Å². The minimum Gasteiger partial charge on any atom is -0.388 e. The first-order valence-electron chi connectivity index (χ1n) is 8.76. The molecular weight excluding hydrogens is 394 g/mol. The smallest absolute Gasteiger partial charge is 0.321 e. The predicted molar refractivity (Wildman–Crippen MR) is 105 cm³/mol. The SMILES string of the molecule is O=C(Nc1ccccc1Br)N1CCC2(CC1)CC(c1ccccc1)=NO2. The molecule has 1 fully saturated rings. The Hall–Kier alpha value is -2.34. The second kappa shape index (κ2) is 7.11. The van der Waals surface area contributed by atoms with Crippen molar-refractivity contribution < 1.29 is 9.63 Å². The molecule has 0 radical (unpaired) electrons. The van der Waals surface area contributed by atoms with E-state index in [2.05, 4.69) is 38.5 Å². The topological polar surface area (TPSA) is 53.9 Å². The molecule has 1 spiro atoms. The maximum atomic E-state index is 12.5. The lowest BCUT2D eigenvalue weighted by molar-refractivity contribution is -0.0544. The summed E-state index contributed by atoms with van der Waals surface area (Å²) in [4.78, 5) is 20.2. The molecule has 0 bridgehead atoms. The van der Waals surface area contributed by atoms with Crippen LogP contribution in [0.25, 0.3) is 0 Å². The van der Waals surface area contributed by atoms with Crippen molar-refractivity contribution in [2.45, 2.75) is 24.9 Å². The number of nitrogens with zero attached hydrogens (tertiary/aromatic N) is 2. The summed E-state index contributed by atoms with van der Waals surface area (Å²) in [6.07, 6.45) is 2.38. The van der Waals surface area contributed by atoms with E-state index in [1.165, 1.54) is 0 Å². The Bertz CT molecular complexity index is 830. The standard InChI is InChI=1S/C20H20BrN3O2/c21-16-8-4-5-9-17(16)22-19(25)24-12-10-20(11-13-24)14-18(23-26-20)15-6-2-1-3-7-15/h1-9H,10-14H2,(H,22,25). The number of para-hydroxylation sites is 1. The maximum Gasteiger partial charge on any atom is 0.321 e. The van der Waals surface area contributed by atoms with Gasteiger partial charge < -0.3 is 15.1 Å². The molecule has 0 saturated carbocycles. The fourth-order valence-corrected chi connectivity index (χ4v) is 3.83. The number of urea groups is 1. The van der Waals surface area contributed by atoms with Crippen LogP contribution in [0.1, 0.15) is 24.8 Å². The zero-order valence-electron chi connectivity index (χ0n) is 14.3. The van der Waals surface area contributed by atoms with Gasteiger partial charge in [-0.05, 0) is 33.6 Å². The molecule has 26 heavy (non-hydrogen) atoms. The van der Waals surface area contributed by atoms with Gasteiger partial charge in [0.15, 0.2) is 0 Å². The number of piperidine rings is 1. The number of nitrogens with one attached hydrogen (secondary N) is 1. The van der Waals surface area contributed by atoms with E-state index in [0.29, 0.717) is 13.1 Å². The van der Waals surface area contributed by atoms with Crippen molar-refractivity contribution in [2.24, 2.45) is 5.16 Å². The van der Waals surface area contributed by atoms with Gasteiger partial charge in [0.25, 0.3) is 0 Å². The Morgan fingerprint density at radius 1 is 1.08 bits per heavy atom. The van der Waals surface area contributed by atoms with Gasteiger partial charge in [-0.15, -0.1) is 0 Å². The highest BCUT2D eigenvalue weighted by atomic mass is 79.9. The highest BCUT2D eigenvalue weighted by molar-refractivity contribution is 9.10. The molecule has 134 valence electrons. The second-order valence-electron chi connectivity index (χ2n) is 6.75. The van der Waals surface area contributed by atoms with E-state index in [1.807, 2.05) is 47.4 Å². The van der Waals surface area contributed by atoms with Gasteiger partial charge in [-0.25, -0.2) is 4.79 Å². The highest BCUT2D eigenvalue weighted by Crippen LogP contribution is 2.36. The Kier molecular flexibility index (Phi) is 4.68. The number of hydrogen-bond donors (Lipinski definition) is 1. The van der Waals surface area contributed by atoms with E-state index < -0.39 is 0 Å². The van der Waals surface area contributed by atoms with Gasteiger partial charge in [0.05, 0.1) is 11.4 Å². The molecule has 2 aliphatic heterocycles. The molecule has 2 amide bonds. The maximum absolute atomic E-state index is 12.5. The fourth-order valence-electron chi connectivity index (χ4n) is 3.45. The van der Waals surface area contributed by atoms with Crippen molar-refractivity contribution in [3.8, 4) is 0 Å². The summed E-state index contributed by atoms with van der Waals surface area (Å²) in [6.45, 7) is 1.32. The monoisotopic (exact) mass is 413 g/mol. The van der Waals surface area contributed by atoms with Crippen molar-refractivity contribution in [1.29, 1.82) is 0 Å². The summed E-state index contributed by atoms with van der Waals surface area (Å²) < 4.78 is 0.877. The summed E-state index contributed by atoms with van der Waals surface area (Å²) in [6, 6.07) is 17.7. The number of rotatable bonds is 2. The Morgan fingerprint density at radius 2 is 1.77 bits per heavy atom. The molecule has 2 heterocycles. The van der Waals surface area contributed by atoms with Gasteiger partial charge in [-0.3, -0.25) is 0 Å². The van der Waals surface area contributed by atoms with Crippen LogP contribution in [0.3, 0.4) is 0 Å². The average molecular weight is 414 g/mol. The third-order valence-electron chi connectivity index (χ3n) is 5.02. The van der Waals surface area contributed by atoms with Crippen molar-refractivity contribution in [3.05, 3.63) is 64.6 Å². The molecule has 5 nitrogen and oxygen atoms in total. The number of likely N-dealkylation sites (tertiary alicyclic amines) is 1. The van der Waals surface area contributed by atoms with E-state index in [4.69, 9.17) is 4.84 Å². The summed E-state index contributed by atoms with van der Waals surface area (Å²) in [7, 11) is 0. The van der Waals surface area contributed by atoms with Gasteiger partial charge in [-0.2, -0.15) is 0 Å². The number of halogens is 1. The van der Waals surface area contributed by atoms with Gasteiger partial charge in [-0.1, -0.05) is 47.6 Å². The molecule has 0 aliphatic carbocycles. The van der Waals surface area contributed by atoms with Crippen LogP contribution in [0, 0.1) is 0 Å². The molecule has 4 rings (SSSR count). The van der Waals surface area contributed by atoms with Gasteiger partial charge in [0.1, 0.15) is 5.60 Å². The van der Waals surface area contributed by atoms with Crippen LogP contribution in [0.5, 0.6) is 0 Å². The largest absolute Gasteiger partial charge is 0.388 e. The van der Waals surface area contributed by atoms with Gasteiger partial charge >= 0.3 is 6.03 Å². The molecule has 2 aromatic carbocycles. The lowest BCUT2D eigenvalue weighted by Gasteiger charge is -2.37. The molecule has 2 aliphatic rings. The van der Waals surface area contributed by atoms with Gasteiger partial charge in [0.2, 0.25) is 0 Å². The van der Waals surface area contributed by atoms with E-state index in [0.717, 1.165) is 40.7 Å². The first-order valence-corrected chi connectivity index (χ1v) is 9.55. The third-order valence-corrected chi connectivity index (χ3v) is 5.71. The molecule has 1 saturated heterocycles. The summed E-state index contributed by atoms with van der Waals surface area (Å²) in [5.74, 6) is 0. The summed E-state index contributed by atoms with van der Waals surface area (Å²) >= 11 is 3.46. The minimum atomic E-state index is -0.269. The van der Waals surface area contributed by atoms with E-state index in [9.17, 15) is 4.79 Å². The van der Waals surface area contributed by atoms with E-state index in [-0.39, 0.29) is 11.6 Å².